The fraction of sp³-hybridized carbons (Fsp3) is 0.115. The lowest BCUT2D eigenvalue weighted by atomic mass is 9.98. The van der Waals surface area contributed by atoms with Gasteiger partial charge in [-0.15, -0.1) is 0 Å². The van der Waals surface area contributed by atoms with E-state index in [1.165, 1.54) is 0 Å². The molecule has 154 valence electrons. The number of hydrogen-bond acceptors (Lipinski definition) is 4. The van der Waals surface area contributed by atoms with Crippen molar-refractivity contribution in [3.05, 3.63) is 114 Å². The summed E-state index contributed by atoms with van der Waals surface area (Å²) >= 11 is 0. The second-order valence-electron chi connectivity index (χ2n) is 7.20. The minimum Gasteiger partial charge on any atom is -0.448 e. The lowest BCUT2D eigenvalue weighted by Crippen LogP contribution is -2.38. The van der Waals surface area contributed by atoms with Crippen LogP contribution in [0.4, 0.5) is 0 Å². The van der Waals surface area contributed by atoms with Crippen molar-refractivity contribution in [2.24, 2.45) is 0 Å². The first-order valence-corrected chi connectivity index (χ1v) is 10.1. The van der Waals surface area contributed by atoms with E-state index in [4.69, 9.17) is 4.74 Å². The van der Waals surface area contributed by atoms with Gasteiger partial charge in [-0.3, -0.25) is 4.79 Å². The van der Waals surface area contributed by atoms with Gasteiger partial charge in [0.2, 0.25) is 0 Å². The van der Waals surface area contributed by atoms with Crippen molar-refractivity contribution >= 4 is 22.8 Å². The van der Waals surface area contributed by atoms with Gasteiger partial charge < -0.3 is 10.1 Å². The Morgan fingerprint density at radius 2 is 1.35 bits per heavy atom. The van der Waals surface area contributed by atoms with Crippen LogP contribution in [0.3, 0.4) is 0 Å². The van der Waals surface area contributed by atoms with Crippen LogP contribution in [-0.4, -0.2) is 23.0 Å². The number of carbonyl (C=O) groups is 2. The van der Waals surface area contributed by atoms with Gasteiger partial charge >= 0.3 is 5.97 Å². The molecule has 3 aromatic carbocycles. The van der Waals surface area contributed by atoms with E-state index in [-0.39, 0.29) is 17.6 Å². The van der Waals surface area contributed by atoms with Crippen molar-refractivity contribution in [3.8, 4) is 0 Å². The van der Waals surface area contributed by atoms with E-state index in [1.807, 2.05) is 91.0 Å². The number of amides is 1. The molecular formula is C26H22N2O3. The minimum atomic E-state index is -0.976. The fourth-order valence-corrected chi connectivity index (χ4v) is 3.36. The van der Waals surface area contributed by atoms with Crippen molar-refractivity contribution in [2.45, 2.75) is 19.1 Å². The van der Waals surface area contributed by atoms with Gasteiger partial charge in [0.1, 0.15) is 5.69 Å². The third-order valence-corrected chi connectivity index (χ3v) is 5.01. The fourth-order valence-electron chi connectivity index (χ4n) is 3.36. The summed E-state index contributed by atoms with van der Waals surface area (Å²) in [6, 6.07) is 29.9. The van der Waals surface area contributed by atoms with Crippen LogP contribution in [-0.2, 0) is 9.53 Å². The molecule has 1 aromatic heterocycles. The Kier molecular flexibility index (Phi) is 6.03. The van der Waals surface area contributed by atoms with Gasteiger partial charge in [-0.25, -0.2) is 9.78 Å². The molecule has 5 heteroatoms. The Morgan fingerprint density at radius 3 is 2.00 bits per heavy atom. The summed E-state index contributed by atoms with van der Waals surface area (Å²) in [7, 11) is 0. The highest BCUT2D eigenvalue weighted by Crippen LogP contribution is 2.22. The van der Waals surface area contributed by atoms with Crippen molar-refractivity contribution in [1.29, 1.82) is 0 Å². The molecule has 5 nitrogen and oxygen atoms in total. The number of para-hydroxylation sites is 1. The Morgan fingerprint density at radius 1 is 0.774 bits per heavy atom. The molecule has 0 fully saturated rings. The molecular weight excluding hydrogens is 388 g/mol. The number of nitrogens with one attached hydrogen (secondary N) is 1. The molecule has 0 saturated carbocycles. The van der Waals surface area contributed by atoms with Crippen molar-refractivity contribution in [1.82, 2.24) is 10.3 Å². The number of hydrogen-bond donors (Lipinski definition) is 1. The number of fused-ring (bicyclic) bond motifs is 1. The predicted octanol–water partition coefficient (Wildman–Crippen LogP) is 4.69. The molecule has 1 heterocycles. The maximum absolute atomic E-state index is 12.9. The molecule has 0 aliphatic heterocycles. The highest BCUT2D eigenvalue weighted by molar-refractivity contribution is 5.93. The monoisotopic (exact) mass is 410 g/mol. The van der Waals surface area contributed by atoms with E-state index in [0.717, 1.165) is 16.5 Å². The van der Waals surface area contributed by atoms with E-state index in [2.05, 4.69) is 10.3 Å². The lowest BCUT2D eigenvalue weighted by Gasteiger charge is -2.22. The molecule has 4 rings (SSSR count). The second kappa shape index (κ2) is 9.22. The number of esters is 1. The molecule has 0 aliphatic rings. The normalized spacial score (nSPS) is 11.8. The van der Waals surface area contributed by atoms with Gasteiger partial charge in [0.05, 0.1) is 11.6 Å². The average Bonchev–Trinajstić information content (AvgIpc) is 2.83. The van der Waals surface area contributed by atoms with E-state index in [0.29, 0.717) is 5.52 Å². The SMILES string of the molecule is C[C@H](OC(=O)c1ccc2ccccc2n1)C(=O)NC(c1ccccc1)c1ccccc1. The summed E-state index contributed by atoms with van der Waals surface area (Å²) in [5, 5.41) is 3.93. The van der Waals surface area contributed by atoms with Crippen LogP contribution in [0, 0.1) is 0 Å². The average molecular weight is 410 g/mol. The molecule has 0 spiro atoms. The molecule has 1 atom stereocenters. The Hall–Kier alpha value is -3.99. The molecule has 1 N–H and O–H groups in total. The smallest absolute Gasteiger partial charge is 0.357 e. The van der Waals surface area contributed by atoms with Crippen LogP contribution in [0.5, 0.6) is 0 Å². The summed E-state index contributed by atoms with van der Waals surface area (Å²) < 4.78 is 5.41. The number of aromatic nitrogens is 1. The first-order valence-electron chi connectivity index (χ1n) is 10.1. The maximum atomic E-state index is 12.9. The second-order valence-corrected chi connectivity index (χ2v) is 7.20. The van der Waals surface area contributed by atoms with E-state index >= 15 is 0 Å². The Labute approximate surface area is 180 Å². The summed E-state index contributed by atoms with van der Waals surface area (Å²) in [4.78, 5) is 29.8. The lowest BCUT2D eigenvalue weighted by molar-refractivity contribution is -0.129. The standard InChI is InChI=1S/C26H22N2O3/c1-18(31-26(30)23-17-16-19-10-8-9-15-22(19)27-23)25(29)28-24(20-11-4-2-5-12-20)21-13-6-3-7-14-21/h2-18,24H,1H3,(H,28,29)/t18-/m0/s1. The molecule has 0 radical (unpaired) electrons. The molecule has 4 aromatic rings. The minimum absolute atomic E-state index is 0.168. The topological polar surface area (TPSA) is 68.3 Å². The number of carbonyl (C=O) groups excluding carboxylic acids is 2. The zero-order chi connectivity index (χ0) is 21.6. The van der Waals surface area contributed by atoms with Crippen LogP contribution in [0.2, 0.25) is 0 Å². The summed E-state index contributed by atoms with van der Waals surface area (Å²) in [5.41, 5.74) is 2.75. The third-order valence-electron chi connectivity index (χ3n) is 5.01. The van der Waals surface area contributed by atoms with Crippen LogP contribution < -0.4 is 5.32 Å². The highest BCUT2D eigenvalue weighted by atomic mass is 16.5. The molecule has 31 heavy (non-hydrogen) atoms. The van der Waals surface area contributed by atoms with E-state index in [9.17, 15) is 9.59 Å². The van der Waals surface area contributed by atoms with Gasteiger partial charge in [0.15, 0.2) is 6.10 Å². The Balaban J connectivity index is 1.49. The van der Waals surface area contributed by atoms with E-state index < -0.39 is 12.1 Å². The van der Waals surface area contributed by atoms with Gasteiger partial charge in [-0.1, -0.05) is 84.9 Å². The van der Waals surface area contributed by atoms with Gasteiger partial charge in [0, 0.05) is 5.39 Å². The Bertz CT molecular complexity index is 1150. The largest absolute Gasteiger partial charge is 0.448 e. The number of pyridine rings is 1. The van der Waals surface area contributed by atoms with Crippen molar-refractivity contribution in [3.63, 3.8) is 0 Å². The third kappa shape index (κ3) is 4.78. The highest BCUT2D eigenvalue weighted by Gasteiger charge is 2.24. The number of benzene rings is 3. The van der Waals surface area contributed by atoms with Crippen molar-refractivity contribution < 1.29 is 14.3 Å². The summed E-state index contributed by atoms with van der Waals surface area (Å²) in [6.45, 7) is 1.56. The molecule has 0 saturated heterocycles. The molecule has 0 unspecified atom stereocenters. The zero-order valence-corrected chi connectivity index (χ0v) is 17.1. The quantitative estimate of drug-likeness (QED) is 0.469. The van der Waals surface area contributed by atoms with Crippen LogP contribution in [0.1, 0.15) is 34.6 Å². The molecule has 0 aliphatic carbocycles. The zero-order valence-electron chi connectivity index (χ0n) is 17.1. The number of rotatable bonds is 6. The maximum Gasteiger partial charge on any atom is 0.357 e. The van der Waals surface area contributed by atoms with Crippen LogP contribution in [0.25, 0.3) is 10.9 Å². The number of nitrogens with zero attached hydrogens (tertiary/aromatic N) is 1. The summed E-state index contributed by atoms with van der Waals surface area (Å²) in [6.07, 6.45) is -0.976. The molecule has 0 bridgehead atoms. The van der Waals surface area contributed by atoms with E-state index in [1.54, 1.807) is 13.0 Å². The summed E-state index contributed by atoms with van der Waals surface area (Å²) in [5.74, 6) is -1.02. The first kappa shape index (κ1) is 20.3. The van der Waals surface area contributed by atoms with Crippen molar-refractivity contribution in [2.75, 3.05) is 0 Å². The van der Waals surface area contributed by atoms with Gasteiger partial charge in [-0.2, -0.15) is 0 Å². The predicted molar refractivity (Wildman–Crippen MR) is 119 cm³/mol. The number of ether oxygens (including phenoxy) is 1. The first-order chi connectivity index (χ1) is 15.1. The molecule has 1 amide bonds. The van der Waals surface area contributed by atoms with Gasteiger partial charge in [-0.05, 0) is 30.2 Å². The van der Waals surface area contributed by atoms with Crippen LogP contribution in [0.15, 0.2) is 97.1 Å². The van der Waals surface area contributed by atoms with Crippen LogP contribution >= 0.6 is 0 Å². The van der Waals surface area contributed by atoms with Gasteiger partial charge in [0.25, 0.3) is 5.91 Å².